The lowest BCUT2D eigenvalue weighted by molar-refractivity contribution is 0.436. The largest absolute Gasteiger partial charge is 0.271 e. The van der Waals surface area contributed by atoms with Gasteiger partial charge in [0.05, 0.1) is 11.6 Å². The second-order valence-electron chi connectivity index (χ2n) is 5.02. The van der Waals surface area contributed by atoms with Gasteiger partial charge in [0.1, 0.15) is 0 Å². The fourth-order valence-corrected chi connectivity index (χ4v) is 2.38. The minimum Gasteiger partial charge on any atom is -0.271 e. The average Bonchev–Trinajstić information content (AvgIpc) is 2.47. The predicted molar refractivity (Wildman–Crippen MR) is 77.0 cm³/mol. The second-order valence-corrected chi connectivity index (χ2v) is 5.02. The van der Waals surface area contributed by atoms with E-state index in [1.165, 1.54) is 11.1 Å². The quantitative estimate of drug-likeness (QED) is 0.640. The molecule has 1 aromatic carbocycles. The van der Waals surface area contributed by atoms with Crippen LogP contribution in [0.25, 0.3) is 0 Å². The van der Waals surface area contributed by atoms with Gasteiger partial charge in [-0.15, -0.1) is 0 Å². The molecule has 0 fully saturated rings. The molecule has 0 aliphatic heterocycles. The normalized spacial score (nSPS) is 19.6. The summed E-state index contributed by atoms with van der Waals surface area (Å²) in [6.45, 7) is 2.09. The molecule has 0 aromatic heterocycles. The van der Waals surface area contributed by atoms with Crippen LogP contribution >= 0.6 is 0 Å². The Balaban J connectivity index is 2.05. The zero-order valence-electron chi connectivity index (χ0n) is 11.1. The van der Waals surface area contributed by atoms with Gasteiger partial charge in [-0.05, 0) is 43.4 Å². The molecule has 0 amide bonds. The van der Waals surface area contributed by atoms with Crippen molar-refractivity contribution in [1.82, 2.24) is 5.43 Å². The molecular weight excluding hydrogens is 234 g/mol. The monoisotopic (exact) mass is 253 g/mol. The molecule has 0 saturated heterocycles. The number of hydrogen-bond acceptors (Lipinski definition) is 3. The highest BCUT2D eigenvalue weighted by atomic mass is 15.2. The first kappa shape index (κ1) is 13.5. The van der Waals surface area contributed by atoms with Crippen LogP contribution in [0.3, 0.4) is 0 Å². The number of hydrazine groups is 1. The van der Waals surface area contributed by atoms with Crippen molar-refractivity contribution < 1.29 is 0 Å². The maximum atomic E-state index is 8.92. The molecule has 19 heavy (non-hydrogen) atoms. The average molecular weight is 253 g/mol. The van der Waals surface area contributed by atoms with Crippen LogP contribution in [-0.4, -0.2) is 6.04 Å². The summed E-state index contributed by atoms with van der Waals surface area (Å²) in [7, 11) is 0. The first-order valence-electron chi connectivity index (χ1n) is 6.54. The maximum Gasteiger partial charge on any atom is 0.0991 e. The number of nitrogens with one attached hydrogen (secondary N) is 1. The van der Waals surface area contributed by atoms with Gasteiger partial charge in [-0.2, -0.15) is 5.26 Å². The summed E-state index contributed by atoms with van der Waals surface area (Å²) >= 11 is 0. The third-order valence-electron chi connectivity index (χ3n) is 3.58. The standard InChI is InChI=1S/C16H19N3/c1-12(19-18)16-7-3-5-14(10-16)8-13-4-2-6-15(9-13)11-17/h2-7,9,12,16,19H,8,10,18H2,1H3. The van der Waals surface area contributed by atoms with Crippen LogP contribution in [0.4, 0.5) is 0 Å². The van der Waals surface area contributed by atoms with E-state index in [0.717, 1.165) is 18.4 Å². The van der Waals surface area contributed by atoms with Crippen molar-refractivity contribution >= 4 is 0 Å². The summed E-state index contributed by atoms with van der Waals surface area (Å²) in [6, 6.07) is 10.3. The minimum absolute atomic E-state index is 0.269. The van der Waals surface area contributed by atoms with Crippen molar-refractivity contribution in [2.24, 2.45) is 11.8 Å². The lowest BCUT2D eigenvalue weighted by Gasteiger charge is -2.24. The predicted octanol–water partition coefficient (Wildman–Crippen LogP) is 2.46. The molecule has 3 nitrogen and oxygen atoms in total. The molecule has 1 aromatic rings. The summed E-state index contributed by atoms with van der Waals surface area (Å²) in [4.78, 5) is 0. The Labute approximate surface area is 114 Å². The fraction of sp³-hybridized carbons (Fsp3) is 0.312. The maximum absolute atomic E-state index is 8.92. The summed E-state index contributed by atoms with van der Waals surface area (Å²) in [5.74, 6) is 5.93. The van der Waals surface area contributed by atoms with E-state index in [4.69, 9.17) is 11.1 Å². The summed E-state index contributed by atoms with van der Waals surface area (Å²) in [6.07, 6.45) is 8.37. The second kappa shape index (κ2) is 6.33. The molecule has 98 valence electrons. The Morgan fingerprint density at radius 2 is 2.37 bits per heavy atom. The van der Waals surface area contributed by atoms with E-state index < -0.39 is 0 Å². The Morgan fingerprint density at radius 3 is 3.11 bits per heavy atom. The molecule has 2 atom stereocenters. The Bertz CT molecular complexity index is 537. The van der Waals surface area contributed by atoms with Crippen LogP contribution in [0, 0.1) is 17.2 Å². The van der Waals surface area contributed by atoms with E-state index in [-0.39, 0.29) is 6.04 Å². The molecule has 1 aliphatic rings. The van der Waals surface area contributed by atoms with Gasteiger partial charge >= 0.3 is 0 Å². The molecule has 0 radical (unpaired) electrons. The number of nitrogens with zero attached hydrogens (tertiary/aromatic N) is 1. The third kappa shape index (κ3) is 3.54. The summed E-state index contributed by atoms with van der Waals surface area (Å²) in [5.41, 5.74) is 6.10. The molecule has 0 heterocycles. The van der Waals surface area contributed by atoms with E-state index in [9.17, 15) is 0 Å². The molecule has 1 aliphatic carbocycles. The van der Waals surface area contributed by atoms with Crippen LogP contribution in [0.15, 0.2) is 48.1 Å². The van der Waals surface area contributed by atoms with Gasteiger partial charge in [0.25, 0.3) is 0 Å². The van der Waals surface area contributed by atoms with E-state index in [2.05, 4.69) is 42.7 Å². The number of nitriles is 1. The lowest BCUT2D eigenvalue weighted by atomic mass is 9.86. The summed E-state index contributed by atoms with van der Waals surface area (Å²) < 4.78 is 0. The first-order chi connectivity index (χ1) is 9.22. The number of nitrogens with two attached hydrogens (primary N) is 1. The number of allylic oxidation sites excluding steroid dienone is 3. The molecule has 2 unspecified atom stereocenters. The smallest absolute Gasteiger partial charge is 0.0991 e. The molecule has 0 spiro atoms. The molecule has 0 bridgehead atoms. The number of hydrogen-bond donors (Lipinski definition) is 2. The van der Waals surface area contributed by atoms with E-state index >= 15 is 0 Å². The van der Waals surface area contributed by atoms with E-state index in [1.807, 2.05) is 18.2 Å². The van der Waals surface area contributed by atoms with Crippen LogP contribution in [0.5, 0.6) is 0 Å². The van der Waals surface area contributed by atoms with Crippen molar-refractivity contribution in [1.29, 1.82) is 5.26 Å². The van der Waals surface area contributed by atoms with Gasteiger partial charge in [0.2, 0.25) is 0 Å². The zero-order valence-corrected chi connectivity index (χ0v) is 11.1. The highest BCUT2D eigenvalue weighted by molar-refractivity contribution is 5.35. The highest BCUT2D eigenvalue weighted by Crippen LogP contribution is 2.24. The van der Waals surface area contributed by atoms with Gasteiger partial charge in [0.15, 0.2) is 0 Å². The van der Waals surface area contributed by atoms with Crippen LogP contribution in [0.1, 0.15) is 24.5 Å². The molecule has 0 saturated carbocycles. The van der Waals surface area contributed by atoms with Crippen molar-refractivity contribution in [3.63, 3.8) is 0 Å². The topological polar surface area (TPSA) is 61.8 Å². The Hall–Kier alpha value is -1.89. The van der Waals surface area contributed by atoms with Crippen LogP contribution in [-0.2, 0) is 6.42 Å². The van der Waals surface area contributed by atoms with Crippen molar-refractivity contribution in [3.05, 3.63) is 59.2 Å². The van der Waals surface area contributed by atoms with Gasteiger partial charge in [0, 0.05) is 6.04 Å². The van der Waals surface area contributed by atoms with Gasteiger partial charge in [-0.25, -0.2) is 0 Å². The summed E-state index contributed by atoms with van der Waals surface area (Å²) in [5, 5.41) is 8.92. The van der Waals surface area contributed by atoms with E-state index in [1.54, 1.807) is 0 Å². The highest BCUT2D eigenvalue weighted by Gasteiger charge is 2.17. The zero-order chi connectivity index (χ0) is 13.7. The lowest BCUT2D eigenvalue weighted by Crippen LogP contribution is -2.38. The van der Waals surface area contributed by atoms with Crippen LogP contribution in [0.2, 0.25) is 0 Å². The minimum atomic E-state index is 0.269. The Kier molecular flexibility index (Phi) is 4.51. The first-order valence-corrected chi connectivity index (χ1v) is 6.54. The Morgan fingerprint density at radius 1 is 1.53 bits per heavy atom. The van der Waals surface area contributed by atoms with Crippen molar-refractivity contribution in [2.75, 3.05) is 0 Å². The van der Waals surface area contributed by atoms with Gasteiger partial charge in [-0.3, -0.25) is 11.3 Å². The fourth-order valence-electron chi connectivity index (χ4n) is 2.38. The molecule has 2 rings (SSSR count). The third-order valence-corrected chi connectivity index (χ3v) is 3.58. The number of rotatable bonds is 4. The number of benzene rings is 1. The van der Waals surface area contributed by atoms with Gasteiger partial charge in [-0.1, -0.05) is 35.9 Å². The van der Waals surface area contributed by atoms with Crippen LogP contribution < -0.4 is 11.3 Å². The van der Waals surface area contributed by atoms with Crippen molar-refractivity contribution in [2.45, 2.75) is 25.8 Å². The van der Waals surface area contributed by atoms with E-state index in [0.29, 0.717) is 5.92 Å². The molecular formula is C16H19N3. The SMILES string of the molecule is CC(NN)C1C=CC=C(Cc2cccc(C#N)c2)C1. The molecule has 3 heteroatoms. The van der Waals surface area contributed by atoms with Crippen molar-refractivity contribution in [3.8, 4) is 6.07 Å². The van der Waals surface area contributed by atoms with Gasteiger partial charge < -0.3 is 0 Å². The molecule has 3 N–H and O–H groups in total.